The lowest BCUT2D eigenvalue weighted by Crippen LogP contribution is -1.78. The number of benzene rings is 1. The Hall–Kier alpha value is -1.55. The van der Waals surface area contributed by atoms with Gasteiger partial charge in [0.05, 0.1) is 0 Å². The smallest absolute Gasteiger partial charge is 0.300 e. The van der Waals surface area contributed by atoms with Crippen LogP contribution in [0.2, 0.25) is 0 Å². The first-order valence-electron chi connectivity index (χ1n) is 3.60. The SMILES string of the molecule is CC(=O)O.N.Oc1ccc2c(c1)C2. The van der Waals surface area contributed by atoms with Crippen LogP contribution in [0.4, 0.5) is 0 Å². The van der Waals surface area contributed by atoms with Gasteiger partial charge in [0.15, 0.2) is 0 Å². The molecule has 0 heterocycles. The fourth-order valence-corrected chi connectivity index (χ4v) is 0.883. The van der Waals surface area contributed by atoms with Crippen molar-refractivity contribution >= 4 is 5.97 Å². The van der Waals surface area contributed by atoms with E-state index in [0.29, 0.717) is 5.75 Å². The minimum atomic E-state index is -0.833. The van der Waals surface area contributed by atoms with E-state index in [1.165, 1.54) is 11.1 Å². The maximum absolute atomic E-state index is 9.00. The molecule has 0 saturated carbocycles. The Bertz CT molecular complexity index is 305. The lowest BCUT2D eigenvalue weighted by molar-refractivity contribution is -0.134. The summed E-state index contributed by atoms with van der Waals surface area (Å²) >= 11 is 0. The maximum atomic E-state index is 9.00. The summed E-state index contributed by atoms with van der Waals surface area (Å²) in [6, 6.07) is 5.51. The van der Waals surface area contributed by atoms with Crippen LogP contribution in [-0.4, -0.2) is 16.2 Å². The molecule has 4 heteroatoms. The van der Waals surface area contributed by atoms with Gasteiger partial charge in [-0.05, 0) is 29.7 Å². The van der Waals surface area contributed by atoms with Gasteiger partial charge in [-0.15, -0.1) is 0 Å². The van der Waals surface area contributed by atoms with Crippen LogP contribution in [-0.2, 0) is 11.2 Å². The van der Waals surface area contributed by atoms with Crippen molar-refractivity contribution in [1.82, 2.24) is 6.15 Å². The third-order valence-electron chi connectivity index (χ3n) is 1.45. The van der Waals surface area contributed by atoms with Crippen molar-refractivity contribution in [2.45, 2.75) is 13.3 Å². The zero-order valence-corrected chi connectivity index (χ0v) is 7.45. The van der Waals surface area contributed by atoms with E-state index in [1.807, 2.05) is 12.1 Å². The van der Waals surface area contributed by atoms with Crippen molar-refractivity contribution in [3.8, 4) is 5.75 Å². The highest BCUT2D eigenvalue weighted by molar-refractivity contribution is 5.62. The van der Waals surface area contributed by atoms with Crippen LogP contribution in [0.15, 0.2) is 18.2 Å². The summed E-state index contributed by atoms with van der Waals surface area (Å²) in [5.74, 6) is -0.443. The Morgan fingerprint density at radius 2 is 1.92 bits per heavy atom. The van der Waals surface area contributed by atoms with Crippen LogP contribution in [0.3, 0.4) is 0 Å². The normalized spacial score (nSPS) is 9.92. The molecule has 0 aliphatic heterocycles. The monoisotopic (exact) mass is 183 g/mol. The summed E-state index contributed by atoms with van der Waals surface area (Å²) in [6.45, 7) is 1.08. The van der Waals surface area contributed by atoms with Crippen molar-refractivity contribution < 1.29 is 15.0 Å². The number of carboxylic acids is 1. The molecule has 0 atom stereocenters. The Morgan fingerprint density at radius 3 is 2.31 bits per heavy atom. The number of fused-ring (bicyclic) bond motifs is 1. The first-order chi connectivity index (χ1) is 5.59. The van der Waals surface area contributed by atoms with Crippen LogP contribution in [0.1, 0.15) is 18.1 Å². The number of carbonyl (C=O) groups is 1. The van der Waals surface area contributed by atoms with E-state index in [0.717, 1.165) is 13.3 Å². The number of carboxylic acid groups (broad SMARTS) is 1. The topological polar surface area (TPSA) is 92.5 Å². The molecule has 4 nitrogen and oxygen atoms in total. The van der Waals surface area contributed by atoms with Gasteiger partial charge < -0.3 is 16.4 Å². The molecule has 2 rings (SSSR count). The Kier molecular flexibility index (Phi) is 3.94. The zero-order valence-electron chi connectivity index (χ0n) is 7.45. The first-order valence-corrected chi connectivity index (χ1v) is 3.60. The summed E-state index contributed by atoms with van der Waals surface area (Å²) in [5, 5.41) is 16.3. The van der Waals surface area contributed by atoms with Gasteiger partial charge in [-0.3, -0.25) is 4.79 Å². The van der Waals surface area contributed by atoms with E-state index in [9.17, 15) is 0 Å². The number of aromatic hydroxyl groups is 1. The summed E-state index contributed by atoms with van der Waals surface area (Å²) in [6.07, 6.45) is 1.08. The van der Waals surface area contributed by atoms with Crippen LogP contribution >= 0.6 is 0 Å². The molecule has 0 radical (unpaired) electrons. The third kappa shape index (κ3) is 4.12. The average Bonchev–Trinajstić information content (AvgIpc) is 2.63. The zero-order chi connectivity index (χ0) is 9.14. The molecule has 13 heavy (non-hydrogen) atoms. The molecule has 0 fully saturated rings. The molecule has 0 amide bonds. The summed E-state index contributed by atoms with van der Waals surface area (Å²) in [5.41, 5.74) is 2.67. The molecule has 0 unspecified atom stereocenters. The third-order valence-corrected chi connectivity index (χ3v) is 1.45. The highest BCUT2D eigenvalue weighted by atomic mass is 16.4. The molecule has 0 spiro atoms. The van der Waals surface area contributed by atoms with Gasteiger partial charge in [0.25, 0.3) is 5.97 Å². The van der Waals surface area contributed by atoms with Gasteiger partial charge in [0, 0.05) is 6.92 Å². The molecule has 1 aliphatic carbocycles. The number of aliphatic carboxylic acids is 1. The van der Waals surface area contributed by atoms with E-state index >= 15 is 0 Å². The molecule has 1 aliphatic rings. The highest BCUT2D eigenvalue weighted by Crippen LogP contribution is 2.30. The minimum absolute atomic E-state index is 0. The second-order valence-electron chi connectivity index (χ2n) is 2.65. The van der Waals surface area contributed by atoms with Gasteiger partial charge in [-0.1, -0.05) is 6.07 Å². The number of hydrogen-bond acceptors (Lipinski definition) is 3. The largest absolute Gasteiger partial charge is 0.508 e. The number of rotatable bonds is 0. The Balaban J connectivity index is 0.000000256. The maximum Gasteiger partial charge on any atom is 0.300 e. The average molecular weight is 183 g/mol. The van der Waals surface area contributed by atoms with Crippen LogP contribution < -0.4 is 6.15 Å². The van der Waals surface area contributed by atoms with E-state index in [4.69, 9.17) is 15.0 Å². The predicted molar refractivity (Wildman–Crippen MR) is 49.2 cm³/mol. The molecule has 0 saturated heterocycles. The quantitative estimate of drug-likeness (QED) is 0.577. The molecule has 1 aromatic carbocycles. The van der Waals surface area contributed by atoms with Crippen molar-refractivity contribution in [2.24, 2.45) is 0 Å². The highest BCUT2D eigenvalue weighted by Gasteiger charge is 2.15. The second kappa shape index (κ2) is 4.47. The molecular weight excluding hydrogens is 170 g/mol. The lowest BCUT2D eigenvalue weighted by atomic mass is 10.3. The van der Waals surface area contributed by atoms with Gasteiger partial charge >= 0.3 is 0 Å². The fourth-order valence-electron chi connectivity index (χ4n) is 0.883. The van der Waals surface area contributed by atoms with Crippen LogP contribution in [0.25, 0.3) is 0 Å². The van der Waals surface area contributed by atoms with Crippen LogP contribution in [0.5, 0.6) is 5.75 Å². The summed E-state index contributed by atoms with van der Waals surface area (Å²) < 4.78 is 0. The number of phenols is 1. The molecule has 5 N–H and O–H groups in total. The molecular formula is C9H13NO3. The van der Waals surface area contributed by atoms with Gasteiger partial charge in [-0.25, -0.2) is 0 Å². The van der Waals surface area contributed by atoms with Crippen molar-refractivity contribution in [3.05, 3.63) is 29.3 Å². The van der Waals surface area contributed by atoms with Crippen LogP contribution in [0, 0.1) is 0 Å². The summed E-state index contributed by atoms with van der Waals surface area (Å²) in [7, 11) is 0. The van der Waals surface area contributed by atoms with Gasteiger partial charge in [0.2, 0.25) is 0 Å². The molecule has 72 valence electrons. The molecule has 1 aromatic rings. The standard InChI is InChI=1S/C7H6O.C2H4O2.H3N/c8-7-2-1-5-3-6(5)4-7;1-2(3)4;/h1-2,4,8H,3H2;1H3,(H,3,4);1H3. The molecule has 0 aromatic heterocycles. The summed E-state index contributed by atoms with van der Waals surface area (Å²) in [4.78, 5) is 9.00. The Morgan fingerprint density at radius 1 is 1.38 bits per heavy atom. The fraction of sp³-hybridized carbons (Fsp3) is 0.222. The van der Waals surface area contributed by atoms with E-state index in [2.05, 4.69) is 0 Å². The van der Waals surface area contributed by atoms with Crippen molar-refractivity contribution in [3.63, 3.8) is 0 Å². The van der Waals surface area contributed by atoms with E-state index in [1.54, 1.807) is 6.07 Å². The first kappa shape index (κ1) is 11.4. The second-order valence-corrected chi connectivity index (χ2v) is 2.65. The van der Waals surface area contributed by atoms with Crippen molar-refractivity contribution in [2.75, 3.05) is 0 Å². The Labute approximate surface area is 76.4 Å². The van der Waals surface area contributed by atoms with E-state index in [-0.39, 0.29) is 6.15 Å². The predicted octanol–water partition coefficient (Wildman–Crippen LogP) is 1.55. The molecule has 0 bridgehead atoms. The van der Waals surface area contributed by atoms with E-state index < -0.39 is 5.97 Å². The number of phenolic OH excluding ortho intramolecular Hbond substituents is 1. The lowest BCUT2D eigenvalue weighted by Gasteiger charge is -1.82. The minimum Gasteiger partial charge on any atom is -0.508 e. The van der Waals surface area contributed by atoms with Crippen molar-refractivity contribution in [1.29, 1.82) is 0 Å². The van der Waals surface area contributed by atoms with Gasteiger partial charge in [0.1, 0.15) is 5.75 Å². The number of hydrogen-bond donors (Lipinski definition) is 3. The van der Waals surface area contributed by atoms with Gasteiger partial charge in [-0.2, -0.15) is 0 Å².